The molecule has 4 aliphatic carbocycles. The zero-order chi connectivity index (χ0) is 18.2. The summed E-state index contributed by atoms with van der Waals surface area (Å²) in [6.45, 7) is 5.00. The SMILES string of the molecule is CC12CC3CC(C)(C1)CC(c1ccc(O)cc1)(C2)C3c1ccc(O)cc1. The highest BCUT2D eigenvalue weighted by Gasteiger charge is 2.65. The van der Waals surface area contributed by atoms with E-state index in [9.17, 15) is 10.2 Å². The van der Waals surface area contributed by atoms with Crippen LogP contribution in [0.2, 0.25) is 0 Å². The molecule has 2 nitrogen and oxygen atoms in total. The Kier molecular flexibility index (Phi) is 3.16. The summed E-state index contributed by atoms with van der Waals surface area (Å²) < 4.78 is 0. The molecule has 0 saturated heterocycles. The van der Waals surface area contributed by atoms with Gasteiger partial charge in [0.1, 0.15) is 11.5 Å². The van der Waals surface area contributed by atoms with E-state index in [1.54, 1.807) is 0 Å². The van der Waals surface area contributed by atoms with Crippen LogP contribution in [0.25, 0.3) is 0 Å². The van der Waals surface area contributed by atoms with Gasteiger partial charge in [0.05, 0.1) is 0 Å². The molecule has 2 N–H and O–H groups in total. The van der Waals surface area contributed by atoms with Crippen LogP contribution in [-0.2, 0) is 5.41 Å². The number of aromatic hydroxyl groups is 2. The molecule has 0 heterocycles. The first kappa shape index (κ1) is 16.2. The highest BCUT2D eigenvalue weighted by molar-refractivity contribution is 5.43. The van der Waals surface area contributed by atoms with Crippen molar-refractivity contribution < 1.29 is 10.2 Å². The fraction of sp³-hybridized carbons (Fsp3) is 0.500. The lowest BCUT2D eigenvalue weighted by molar-refractivity contribution is -0.125. The molecule has 0 aromatic heterocycles. The second-order valence-corrected chi connectivity index (χ2v) is 10.1. The van der Waals surface area contributed by atoms with Gasteiger partial charge >= 0.3 is 0 Å². The molecule has 0 amide bonds. The van der Waals surface area contributed by atoms with Gasteiger partial charge in [0, 0.05) is 5.41 Å². The van der Waals surface area contributed by atoms with Crippen molar-refractivity contribution in [1.82, 2.24) is 0 Å². The third-order valence-electron chi connectivity index (χ3n) is 7.61. The first-order chi connectivity index (χ1) is 12.3. The minimum atomic E-state index is 0.133. The average Bonchev–Trinajstić information content (AvgIpc) is 2.54. The van der Waals surface area contributed by atoms with Crippen molar-refractivity contribution >= 4 is 0 Å². The minimum absolute atomic E-state index is 0.133. The summed E-state index contributed by atoms with van der Waals surface area (Å²) in [5, 5.41) is 19.6. The molecular weight excluding hydrogens is 320 g/mol. The van der Waals surface area contributed by atoms with Crippen LogP contribution in [0, 0.1) is 16.7 Å². The third-order valence-corrected chi connectivity index (χ3v) is 7.61. The maximum atomic E-state index is 9.83. The zero-order valence-electron chi connectivity index (χ0n) is 15.7. The van der Waals surface area contributed by atoms with Crippen molar-refractivity contribution in [3.63, 3.8) is 0 Å². The number of rotatable bonds is 2. The van der Waals surface area contributed by atoms with Crippen molar-refractivity contribution in [2.24, 2.45) is 16.7 Å². The van der Waals surface area contributed by atoms with Gasteiger partial charge in [-0.1, -0.05) is 38.1 Å². The maximum absolute atomic E-state index is 9.83. The van der Waals surface area contributed by atoms with Crippen LogP contribution in [0.15, 0.2) is 48.5 Å². The van der Waals surface area contributed by atoms with E-state index >= 15 is 0 Å². The molecule has 4 bridgehead atoms. The maximum Gasteiger partial charge on any atom is 0.115 e. The Morgan fingerprint density at radius 1 is 0.731 bits per heavy atom. The first-order valence-electron chi connectivity index (χ1n) is 9.90. The highest BCUT2D eigenvalue weighted by atomic mass is 16.3. The topological polar surface area (TPSA) is 40.5 Å². The second-order valence-electron chi connectivity index (χ2n) is 10.1. The van der Waals surface area contributed by atoms with Gasteiger partial charge in [-0.2, -0.15) is 0 Å². The van der Waals surface area contributed by atoms with Gasteiger partial charge in [0.15, 0.2) is 0 Å². The first-order valence-corrected chi connectivity index (χ1v) is 9.90. The minimum Gasteiger partial charge on any atom is -0.508 e. The van der Waals surface area contributed by atoms with Crippen LogP contribution in [0.4, 0.5) is 0 Å². The smallest absolute Gasteiger partial charge is 0.115 e. The predicted molar refractivity (Wildman–Crippen MR) is 103 cm³/mol. The summed E-state index contributed by atoms with van der Waals surface area (Å²) in [6.07, 6.45) is 6.42. The Balaban J connectivity index is 1.70. The second kappa shape index (κ2) is 5.06. The molecule has 4 saturated carbocycles. The molecule has 3 unspecified atom stereocenters. The molecule has 3 atom stereocenters. The lowest BCUT2D eigenvalue weighted by atomic mass is 9.35. The molecule has 136 valence electrons. The normalized spacial score (nSPS) is 40.7. The molecule has 4 aliphatic rings. The molecule has 0 radical (unpaired) electrons. The van der Waals surface area contributed by atoms with Gasteiger partial charge in [0.2, 0.25) is 0 Å². The highest BCUT2D eigenvalue weighted by Crippen LogP contribution is 2.74. The quantitative estimate of drug-likeness (QED) is 0.726. The van der Waals surface area contributed by atoms with E-state index in [2.05, 4.69) is 38.1 Å². The lowest BCUT2D eigenvalue weighted by Gasteiger charge is -2.69. The van der Waals surface area contributed by atoms with E-state index in [-0.39, 0.29) is 5.41 Å². The van der Waals surface area contributed by atoms with Crippen molar-refractivity contribution in [2.45, 2.75) is 57.3 Å². The largest absolute Gasteiger partial charge is 0.508 e. The van der Waals surface area contributed by atoms with Crippen molar-refractivity contribution in [3.05, 3.63) is 59.7 Å². The fourth-order valence-corrected chi connectivity index (χ4v) is 7.72. The van der Waals surface area contributed by atoms with Gasteiger partial charge in [-0.3, -0.25) is 0 Å². The molecule has 0 aliphatic heterocycles. The van der Waals surface area contributed by atoms with Gasteiger partial charge < -0.3 is 10.2 Å². The summed E-state index contributed by atoms with van der Waals surface area (Å²) in [5.41, 5.74) is 3.72. The van der Waals surface area contributed by atoms with Crippen LogP contribution in [-0.4, -0.2) is 10.2 Å². The summed E-state index contributed by atoms with van der Waals surface area (Å²) in [6, 6.07) is 16.0. The van der Waals surface area contributed by atoms with Gasteiger partial charge in [-0.15, -0.1) is 0 Å². The van der Waals surface area contributed by atoms with Crippen molar-refractivity contribution in [2.75, 3.05) is 0 Å². The Bertz CT molecular complexity index is 818. The Morgan fingerprint density at radius 3 is 1.77 bits per heavy atom. The summed E-state index contributed by atoms with van der Waals surface area (Å²) in [4.78, 5) is 0. The predicted octanol–water partition coefficient (Wildman–Crippen LogP) is 5.74. The van der Waals surface area contributed by atoms with Crippen molar-refractivity contribution in [1.29, 1.82) is 0 Å². The van der Waals surface area contributed by atoms with Crippen molar-refractivity contribution in [3.8, 4) is 11.5 Å². The van der Waals surface area contributed by atoms with E-state index in [4.69, 9.17) is 0 Å². The molecular formula is C24H28O2. The van der Waals surface area contributed by atoms with Gasteiger partial charge in [-0.05, 0) is 90.2 Å². The van der Waals surface area contributed by atoms with E-state index < -0.39 is 0 Å². The molecule has 2 aromatic carbocycles. The number of benzene rings is 2. The molecule has 2 aromatic rings. The summed E-state index contributed by atoms with van der Waals surface area (Å²) in [5.74, 6) is 1.88. The number of phenols is 2. The summed E-state index contributed by atoms with van der Waals surface area (Å²) >= 11 is 0. The molecule has 6 rings (SSSR count). The average molecular weight is 348 g/mol. The van der Waals surface area contributed by atoms with Crippen LogP contribution in [0.5, 0.6) is 11.5 Å². The Morgan fingerprint density at radius 2 is 1.23 bits per heavy atom. The molecule has 4 fully saturated rings. The number of hydrogen-bond donors (Lipinski definition) is 2. The molecule has 26 heavy (non-hydrogen) atoms. The standard InChI is InChI=1S/C24H28O2/c1-22-11-17-12-23(2,13-22)15-24(14-22,18-5-9-20(26)10-6-18)21(17)16-3-7-19(25)8-4-16/h3-10,17,21,25-26H,11-15H2,1-2H3. The van der Waals surface area contributed by atoms with E-state index in [1.165, 1.54) is 43.2 Å². The molecule has 0 spiro atoms. The van der Waals surface area contributed by atoms with Gasteiger partial charge in [0.25, 0.3) is 0 Å². The number of hydrogen-bond acceptors (Lipinski definition) is 2. The number of phenolic OH excluding ortho intramolecular Hbond substituents is 2. The summed E-state index contributed by atoms with van der Waals surface area (Å²) in [7, 11) is 0. The third kappa shape index (κ3) is 2.24. The lowest BCUT2D eigenvalue weighted by Crippen LogP contribution is -2.60. The zero-order valence-corrected chi connectivity index (χ0v) is 15.7. The van der Waals surface area contributed by atoms with Crippen LogP contribution >= 0.6 is 0 Å². The Hall–Kier alpha value is -1.96. The van der Waals surface area contributed by atoms with E-state index in [0.717, 1.165) is 0 Å². The van der Waals surface area contributed by atoms with E-state index in [1.807, 2.05) is 24.3 Å². The van der Waals surface area contributed by atoms with E-state index in [0.29, 0.717) is 34.2 Å². The Labute approximate surface area is 155 Å². The monoisotopic (exact) mass is 348 g/mol. The van der Waals surface area contributed by atoms with Crippen LogP contribution in [0.1, 0.15) is 63.0 Å². The molecule has 2 heteroatoms. The van der Waals surface area contributed by atoms with Crippen LogP contribution < -0.4 is 0 Å². The van der Waals surface area contributed by atoms with Crippen LogP contribution in [0.3, 0.4) is 0 Å². The fourth-order valence-electron chi connectivity index (χ4n) is 7.72. The van der Waals surface area contributed by atoms with Gasteiger partial charge in [-0.25, -0.2) is 0 Å².